The van der Waals surface area contributed by atoms with Crippen LogP contribution < -0.4 is 5.73 Å². The number of aryl methyl sites for hydroxylation is 1. The first-order chi connectivity index (χ1) is 16.8. The summed E-state index contributed by atoms with van der Waals surface area (Å²) in [7, 11) is -3.99. The van der Waals surface area contributed by atoms with Crippen LogP contribution in [0.25, 0.3) is 11.1 Å². The van der Waals surface area contributed by atoms with Crippen LogP contribution in [-0.2, 0) is 32.5 Å². The first kappa shape index (κ1) is 24.8. The summed E-state index contributed by atoms with van der Waals surface area (Å²) < 4.78 is 24.7. The minimum absolute atomic E-state index is 0.0558. The molecule has 0 saturated carbocycles. The van der Waals surface area contributed by atoms with Crippen LogP contribution in [0, 0.1) is 0 Å². The van der Waals surface area contributed by atoms with E-state index in [1.165, 1.54) is 5.56 Å². The fourth-order valence-corrected chi connectivity index (χ4v) is 6.45. The maximum atomic E-state index is 14.1. The van der Waals surface area contributed by atoms with Gasteiger partial charge in [-0.1, -0.05) is 90.8 Å². The molecule has 2 amide bonds. The molecule has 0 aromatic heterocycles. The SMILES string of the molecule is CCCc1ccc(-c2ccccc2C(=O)[N@+]2(OCc3ccccc3)CCS(=O)(=O)C2C(N)=O)cc1. The molecule has 7 nitrogen and oxygen atoms in total. The van der Waals surface area contributed by atoms with Gasteiger partial charge in [-0.05, 0) is 34.7 Å². The van der Waals surface area contributed by atoms with Crippen molar-refractivity contribution in [1.29, 1.82) is 0 Å². The Kier molecular flexibility index (Phi) is 7.16. The third-order valence-corrected chi connectivity index (χ3v) is 8.28. The monoisotopic (exact) mass is 493 g/mol. The Hall–Kier alpha value is -3.33. The van der Waals surface area contributed by atoms with Crippen molar-refractivity contribution in [1.82, 2.24) is 0 Å². The largest absolute Gasteiger partial charge is 0.380 e. The Morgan fingerprint density at radius 3 is 2.26 bits per heavy atom. The minimum Gasteiger partial charge on any atom is -0.363 e. The lowest BCUT2D eigenvalue weighted by atomic mass is 9.97. The highest BCUT2D eigenvalue weighted by Gasteiger charge is 2.63. The van der Waals surface area contributed by atoms with E-state index in [4.69, 9.17) is 10.6 Å². The molecule has 8 heteroatoms. The number of rotatable bonds is 8. The zero-order valence-corrected chi connectivity index (χ0v) is 20.4. The van der Waals surface area contributed by atoms with Gasteiger partial charge in [-0.2, -0.15) is 4.84 Å². The van der Waals surface area contributed by atoms with E-state index in [0.29, 0.717) is 5.56 Å². The number of nitrogens with two attached hydrogens (primary N) is 1. The normalized spacial score (nSPS) is 21.0. The molecule has 3 aromatic carbocycles. The van der Waals surface area contributed by atoms with Gasteiger partial charge in [-0.3, -0.25) is 4.79 Å². The predicted octanol–water partition coefficient (Wildman–Crippen LogP) is 3.63. The van der Waals surface area contributed by atoms with Crippen LogP contribution in [0.15, 0.2) is 78.9 Å². The molecule has 1 heterocycles. The van der Waals surface area contributed by atoms with E-state index in [2.05, 4.69) is 6.92 Å². The number of nitrogens with zero attached hydrogens (tertiary/aromatic N) is 1. The van der Waals surface area contributed by atoms with Gasteiger partial charge in [-0.25, -0.2) is 13.2 Å². The van der Waals surface area contributed by atoms with Crippen molar-refractivity contribution in [3.63, 3.8) is 0 Å². The second-order valence-corrected chi connectivity index (χ2v) is 10.9. The molecule has 1 unspecified atom stereocenters. The Balaban J connectivity index is 1.79. The van der Waals surface area contributed by atoms with Crippen molar-refractivity contribution in [2.24, 2.45) is 5.73 Å². The summed E-state index contributed by atoms with van der Waals surface area (Å²) in [6.07, 6.45) is 1.97. The van der Waals surface area contributed by atoms with Crippen molar-refractivity contribution in [2.75, 3.05) is 12.3 Å². The zero-order valence-electron chi connectivity index (χ0n) is 19.6. The quantitative estimate of drug-likeness (QED) is 0.483. The van der Waals surface area contributed by atoms with E-state index < -0.39 is 31.7 Å². The molecule has 0 aliphatic carbocycles. The average molecular weight is 494 g/mol. The maximum absolute atomic E-state index is 14.1. The number of amides is 2. The first-order valence-corrected chi connectivity index (χ1v) is 13.3. The van der Waals surface area contributed by atoms with Gasteiger partial charge in [0.2, 0.25) is 9.84 Å². The zero-order chi connectivity index (χ0) is 25.1. The Morgan fingerprint density at radius 1 is 0.943 bits per heavy atom. The summed E-state index contributed by atoms with van der Waals surface area (Å²) in [6, 6.07) is 24.0. The summed E-state index contributed by atoms with van der Waals surface area (Å²) in [6.45, 7) is 1.85. The van der Waals surface area contributed by atoms with Crippen molar-refractivity contribution in [3.05, 3.63) is 95.6 Å². The molecule has 1 aliphatic rings. The number of carbonyl (C=O) groups is 2. The van der Waals surface area contributed by atoms with Gasteiger partial charge in [0.25, 0.3) is 5.91 Å². The molecule has 1 aliphatic heterocycles. The van der Waals surface area contributed by atoms with Crippen molar-refractivity contribution >= 4 is 21.7 Å². The molecule has 3 aromatic rings. The maximum Gasteiger partial charge on any atom is 0.380 e. The van der Waals surface area contributed by atoms with Crippen LogP contribution in [-0.4, -0.2) is 42.5 Å². The molecule has 0 radical (unpaired) electrons. The standard InChI is InChI=1S/C27H28N2O5S/c1-2-8-20-13-15-22(16-14-20)23-11-6-7-12-24(23)26(31)29(34-19-21-9-4-3-5-10-21)17-18-35(32,33)27(29)25(28)30/h3-7,9-16,27H,2,8,17-19H2,1H3,(H-,28,30)/p+1/t27?,29-/m1/s1. The first-order valence-electron chi connectivity index (χ1n) is 11.6. The average Bonchev–Trinajstić information content (AvgIpc) is 3.15. The topological polar surface area (TPSA) is 104 Å². The summed E-state index contributed by atoms with van der Waals surface area (Å²) in [4.78, 5) is 32.6. The lowest BCUT2D eigenvalue weighted by molar-refractivity contribution is -1.04. The molecule has 1 saturated heterocycles. The number of carbonyl (C=O) groups excluding carboxylic acids is 2. The van der Waals surface area contributed by atoms with Crippen LogP contribution in [0.5, 0.6) is 0 Å². The fraction of sp³-hybridized carbons (Fsp3) is 0.259. The number of hydroxylamine groups is 3. The molecule has 4 rings (SSSR count). The van der Waals surface area contributed by atoms with Crippen molar-refractivity contribution in [3.8, 4) is 11.1 Å². The molecule has 1 fully saturated rings. The number of sulfone groups is 1. The van der Waals surface area contributed by atoms with Gasteiger partial charge in [0.1, 0.15) is 18.9 Å². The minimum atomic E-state index is -3.99. The number of primary amides is 1. The second-order valence-electron chi connectivity index (χ2n) is 8.70. The number of hydrogen-bond acceptors (Lipinski definition) is 5. The van der Waals surface area contributed by atoms with Crippen LogP contribution in [0.1, 0.15) is 34.8 Å². The third kappa shape index (κ3) is 4.91. The van der Waals surface area contributed by atoms with E-state index in [1.807, 2.05) is 48.5 Å². The van der Waals surface area contributed by atoms with E-state index in [1.54, 1.807) is 30.3 Å². The van der Waals surface area contributed by atoms with Gasteiger partial charge < -0.3 is 5.73 Å². The summed E-state index contributed by atoms with van der Waals surface area (Å²) >= 11 is 0. The molecule has 0 spiro atoms. The van der Waals surface area contributed by atoms with Crippen LogP contribution in [0.3, 0.4) is 0 Å². The molecular formula is C27H29N2O5S+. The Bertz CT molecular complexity index is 1320. The van der Waals surface area contributed by atoms with Crippen LogP contribution >= 0.6 is 0 Å². The van der Waals surface area contributed by atoms with E-state index in [0.717, 1.165) is 24.0 Å². The molecule has 35 heavy (non-hydrogen) atoms. The molecule has 2 N–H and O–H groups in total. The third-order valence-electron chi connectivity index (χ3n) is 6.28. The van der Waals surface area contributed by atoms with Gasteiger partial charge in [0.15, 0.2) is 0 Å². The second kappa shape index (κ2) is 10.1. The summed E-state index contributed by atoms with van der Waals surface area (Å²) in [5.41, 5.74) is 9.21. The fourth-order valence-electron chi connectivity index (χ4n) is 4.56. The van der Waals surface area contributed by atoms with Crippen molar-refractivity contribution in [2.45, 2.75) is 31.7 Å². The Morgan fingerprint density at radius 2 is 1.60 bits per heavy atom. The lowest BCUT2D eigenvalue weighted by Gasteiger charge is -2.32. The Labute approximate surface area is 205 Å². The van der Waals surface area contributed by atoms with E-state index in [-0.39, 0.29) is 24.5 Å². The summed E-state index contributed by atoms with van der Waals surface area (Å²) in [5, 5.41) is -1.82. The summed E-state index contributed by atoms with van der Waals surface area (Å²) in [5.74, 6) is -2.10. The van der Waals surface area contributed by atoms with Gasteiger partial charge in [-0.15, -0.1) is 0 Å². The van der Waals surface area contributed by atoms with Crippen LogP contribution in [0.2, 0.25) is 0 Å². The highest BCUT2D eigenvalue weighted by Crippen LogP contribution is 2.35. The number of quaternary nitrogens is 1. The predicted molar refractivity (Wildman–Crippen MR) is 133 cm³/mol. The number of benzene rings is 3. The molecule has 0 bridgehead atoms. The highest BCUT2D eigenvalue weighted by atomic mass is 32.2. The van der Waals surface area contributed by atoms with E-state index in [9.17, 15) is 18.0 Å². The van der Waals surface area contributed by atoms with Gasteiger partial charge in [0, 0.05) is 0 Å². The molecule has 182 valence electrons. The molecule has 2 atom stereocenters. The number of hydrogen-bond donors (Lipinski definition) is 1. The van der Waals surface area contributed by atoms with Gasteiger partial charge in [0.05, 0.1) is 5.56 Å². The molecular weight excluding hydrogens is 464 g/mol. The smallest absolute Gasteiger partial charge is 0.363 e. The van der Waals surface area contributed by atoms with Gasteiger partial charge >= 0.3 is 11.3 Å². The highest BCUT2D eigenvalue weighted by molar-refractivity contribution is 7.92. The van der Waals surface area contributed by atoms with Crippen LogP contribution in [0.4, 0.5) is 0 Å². The lowest BCUT2D eigenvalue weighted by Crippen LogP contribution is -2.61. The van der Waals surface area contributed by atoms with Crippen molar-refractivity contribution < 1.29 is 27.5 Å². The van der Waals surface area contributed by atoms with E-state index >= 15 is 0 Å².